The molecule has 4 heteroatoms. The van der Waals surface area contributed by atoms with E-state index in [2.05, 4.69) is 205 Å². The number of hydrogen-bond acceptors (Lipinski definition) is 3. The first kappa shape index (κ1) is 33.8. The lowest BCUT2D eigenvalue weighted by Crippen LogP contribution is -2.32. The van der Waals surface area contributed by atoms with E-state index < -0.39 is 5.41 Å². The second-order valence-electron chi connectivity index (χ2n) is 16.1. The van der Waals surface area contributed by atoms with Gasteiger partial charge in [-0.3, -0.25) is 4.57 Å². The van der Waals surface area contributed by atoms with Crippen molar-refractivity contribution in [1.29, 1.82) is 0 Å². The van der Waals surface area contributed by atoms with E-state index in [1.807, 2.05) is 12.1 Å². The molecule has 1 aliphatic heterocycles. The molecule has 0 unspecified atom stereocenters. The first-order chi connectivity index (χ1) is 30.2. The number of para-hydroxylation sites is 4. The van der Waals surface area contributed by atoms with Crippen LogP contribution in [0.15, 0.2) is 212 Å². The van der Waals surface area contributed by atoms with Gasteiger partial charge in [0, 0.05) is 38.7 Å². The molecule has 0 saturated heterocycles. The van der Waals surface area contributed by atoms with Crippen LogP contribution >= 0.6 is 0 Å². The minimum absolute atomic E-state index is 0.572. The molecule has 61 heavy (non-hydrogen) atoms. The van der Waals surface area contributed by atoms with Crippen LogP contribution in [0.2, 0.25) is 0 Å². The molecule has 9 aromatic carbocycles. The number of aromatic nitrogens is 3. The summed E-state index contributed by atoms with van der Waals surface area (Å²) in [4.78, 5) is 10.5. The highest BCUT2D eigenvalue weighted by atomic mass is 16.5. The molecule has 1 aliphatic carbocycles. The molecule has 11 aromatic rings. The van der Waals surface area contributed by atoms with Crippen molar-refractivity contribution in [1.82, 2.24) is 14.5 Å². The fourth-order valence-corrected chi connectivity index (χ4v) is 10.2. The van der Waals surface area contributed by atoms with Crippen molar-refractivity contribution in [2.75, 3.05) is 0 Å². The van der Waals surface area contributed by atoms with Crippen molar-refractivity contribution >= 4 is 32.7 Å². The Hall–Kier alpha value is -8.08. The van der Waals surface area contributed by atoms with Crippen molar-refractivity contribution in [2.45, 2.75) is 5.41 Å². The summed E-state index contributed by atoms with van der Waals surface area (Å²) in [5, 5.41) is 3.29. The molecule has 0 N–H and O–H groups in total. The number of ether oxygens (including phenoxy) is 1. The van der Waals surface area contributed by atoms with E-state index in [0.717, 1.165) is 94.8 Å². The molecule has 2 aliphatic rings. The molecule has 0 fully saturated rings. The van der Waals surface area contributed by atoms with E-state index in [0.29, 0.717) is 0 Å². The van der Waals surface area contributed by atoms with Gasteiger partial charge in [0.25, 0.3) is 0 Å². The number of nitrogens with zero attached hydrogens (tertiary/aromatic N) is 3. The number of hydrogen-bond donors (Lipinski definition) is 0. The molecule has 0 atom stereocenters. The lowest BCUT2D eigenvalue weighted by atomic mass is 9.65. The Labute approximate surface area is 352 Å². The second kappa shape index (κ2) is 13.0. The number of benzene rings is 9. The Balaban J connectivity index is 1.03. The number of pyridine rings is 1. The van der Waals surface area contributed by atoms with Crippen LogP contribution in [-0.2, 0) is 5.41 Å². The van der Waals surface area contributed by atoms with Crippen LogP contribution < -0.4 is 4.74 Å². The molecule has 3 heterocycles. The van der Waals surface area contributed by atoms with Gasteiger partial charge in [-0.2, -0.15) is 0 Å². The van der Waals surface area contributed by atoms with Crippen LogP contribution in [0.5, 0.6) is 11.5 Å². The average Bonchev–Trinajstić information content (AvgIpc) is 3.86. The zero-order chi connectivity index (χ0) is 40.1. The van der Waals surface area contributed by atoms with E-state index >= 15 is 0 Å². The van der Waals surface area contributed by atoms with Gasteiger partial charge >= 0.3 is 0 Å². The molecular formula is C57H35N3O. The Kier molecular flexibility index (Phi) is 7.19. The third kappa shape index (κ3) is 4.87. The van der Waals surface area contributed by atoms with E-state index in [9.17, 15) is 0 Å². The van der Waals surface area contributed by atoms with Crippen molar-refractivity contribution in [3.63, 3.8) is 0 Å². The molecule has 2 aromatic heterocycles. The third-order valence-electron chi connectivity index (χ3n) is 12.9. The van der Waals surface area contributed by atoms with Crippen molar-refractivity contribution in [3.05, 3.63) is 235 Å². The van der Waals surface area contributed by atoms with Crippen LogP contribution in [-0.4, -0.2) is 14.5 Å². The standard InChI is InChI=1S/C57H35N3O/c1-3-15-37(16-4-1)55-45-35-54-49(57(48-23-11-14-26-53(48)61-54)46-21-9-7-19-41(46)42-20-8-10-22-47(42)57)34-43(45)44-33-39(31-32-50(44)58-55)36-27-29-38(30-28-36)56-59-51-24-12-13-25-52(51)60(56)40-17-5-2-6-18-40/h1-35H. The molecule has 4 nitrogen and oxygen atoms in total. The Morgan fingerprint density at radius 2 is 1.00 bits per heavy atom. The van der Waals surface area contributed by atoms with E-state index in [4.69, 9.17) is 14.7 Å². The molecule has 0 amide bonds. The first-order valence-electron chi connectivity index (χ1n) is 20.8. The summed E-state index contributed by atoms with van der Waals surface area (Å²) in [5.41, 5.74) is 16.2. The maximum Gasteiger partial charge on any atom is 0.145 e. The summed E-state index contributed by atoms with van der Waals surface area (Å²) in [7, 11) is 0. The van der Waals surface area contributed by atoms with Gasteiger partial charge in [-0.25, -0.2) is 9.97 Å². The number of rotatable bonds is 4. The molecule has 284 valence electrons. The summed E-state index contributed by atoms with van der Waals surface area (Å²) in [6.45, 7) is 0. The Bertz CT molecular complexity index is 3510. The Morgan fingerprint density at radius 3 is 1.77 bits per heavy atom. The fraction of sp³-hybridized carbons (Fsp3) is 0.0175. The van der Waals surface area contributed by atoms with Crippen LogP contribution in [0.3, 0.4) is 0 Å². The van der Waals surface area contributed by atoms with Gasteiger partial charge in [0.1, 0.15) is 17.3 Å². The zero-order valence-electron chi connectivity index (χ0n) is 33.0. The van der Waals surface area contributed by atoms with Gasteiger partial charge in [0.15, 0.2) is 0 Å². The maximum absolute atomic E-state index is 6.97. The quantitative estimate of drug-likeness (QED) is 0.167. The minimum atomic E-state index is -0.572. The maximum atomic E-state index is 6.97. The fourth-order valence-electron chi connectivity index (χ4n) is 10.2. The summed E-state index contributed by atoms with van der Waals surface area (Å²) in [6.07, 6.45) is 0. The Morgan fingerprint density at radius 1 is 0.377 bits per heavy atom. The first-order valence-corrected chi connectivity index (χ1v) is 20.8. The lowest BCUT2D eigenvalue weighted by Gasteiger charge is -2.39. The average molecular weight is 778 g/mol. The molecule has 1 spiro atoms. The van der Waals surface area contributed by atoms with Gasteiger partial charge in [-0.15, -0.1) is 0 Å². The third-order valence-corrected chi connectivity index (χ3v) is 12.9. The van der Waals surface area contributed by atoms with Gasteiger partial charge in [0.05, 0.1) is 27.7 Å². The second-order valence-corrected chi connectivity index (χ2v) is 16.1. The van der Waals surface area contributed by atoms with Crippen LogP contribution in [0.4, 0.5) is 0 Å². The SMILES string of the molecule is c1ccc(-c2nc3ccc(-c4ccc(-c5nc6ccccc6n5-c5ccccc5)cc4)cc3c3cc4c(cc23)Oc2ccccc2C42c3ccccc3-c3ccccc32)cc1. The van der Waals surface area contributed by atoms with E-state index in [-0.39, 0.29) is 0 Å². The van der Waals surface area contributed by atoms with Crippen LogP contribution in [0.1, 0.15) is 22.3 Å². The highest BCUT2D eigenvalue weighted by Crippen LogP contribution is 2.62. The number of fused-ring (bicyclic) bond motifs is 13. The van der Waals surface area contributed by atoms with Crippen LogP contribution in [0.25, 0.3) is 83.3 Å². The predicted molar refractivity (Wildman–Crippen MR) is 248 cm³/mol. The molecule has 0 radical (unpaired) electrons. The highest BCUT2D eigenvalue weighted by molar-refractivity contribution is 6.13. The molecule has 0 bridgehead atoms. The molecular weight excluding hydrogens is 743 g/mol. The lowest BCUT2D eigenvalue weighted by molar-refractivity contribution is 0.437. The van der Waals surface area contributed by atoms with Gasteiger partial charge in [-0.1, -0.05) is 158 Å². The number of imidazole rings is 1. The smallest absolute Gasteiger partial charge is 0.145 e. The summed E-state index contributed by atoms with van der Waals surface area (Å²) in [5.74, 6) is 2.64. The monoisotopic (exact) mass is 777 g/mol. The highest BCUT2D eigenvalue weighted by Gasteiger charge is 2.51. The van der Waals surface area contributed by atoms with E-state index in [1.165, 1.54) is 22.3 Å². The van der Waals surface area contributed by atoms with Gasteiger partial charge in [0.2, 0.25) is 0 Å². The largest absolute Gasteiger partial charge is 0.457 e. The predicted octanol–water partition coefficient (Wildman–Crippen LogP) is 14.2. The van der Waals surface area contributed by atoms with Crippen molar-refractivity contribution in [2.24, 2.45) is 0 Å². The topological polar surface area (TPSA) is 39.9 Å². The summed E-state index contributed by atoms with van der Waals surface area (Å²) < 4.78 is 9.22. The zero-order valence-corrected chi connectivity index (χ0v) is 33.0. The minimum Gasteiger partial charge on any atom is -0.457 e. The molecule has 0 saturated carbocycles. The van der Waals surface area contributed by atoms with Crippen molar-refractivity contribution in [3.8, 4) is 62.1 Å². The summed E-state index contributed by atoms with van der Waals surface area (Å²) >= 11 is 0. The molecule has 13 rings (SSSR count). The van der Waals surface area contributed by atoms with Crippen molar-refractivity contribution < 1.29 is 4.74 Å². The van der Waals surface area contributed by atoms with Gasteiger partial charge < -0.3 is 4.74 Å². The van der Waals surface area contributed by atoms with Gasteiger partial charge in [-0.05, 0) is 93.4 Å². The van der Waals surface area contributed by atoms with Crippen LogP contribution in [0, 0.1) is 0 Å². The summed E-state index contributed by atoms with van der Waals surface area (Å²) in [6, 6.07) is 75.9. The normalized spacial score (nSPS) is 13.2. The van der Waals surface area contributed by atoms with E-state index in [1.54, 1.807) is 0 Å².